The molecule has 92 valence electrons. The minimum atomic E-state index is 0.687. The largest absolute Gasteiger partial charge is 0.271 e. The molecule has 0 bridgehead atoms. The summed E-state index contributed by atoms with van der Waals surface area (Å²) < 4.78 is 2.59. The minimum Gasteiger partial charge on any atom is -0.271 e. The van der Waals surface area contributed by atoms with Crippen LogP contribution >= 0.6 is 19.3 Å². The van der Waals surface area contributed by atoms with E-state index in [1.165, 1.54) is 31.4 Å². The Labute approximate surface area is 102 Å². The zero-order valence-electron chi connectivity index (χ0n) is 11.0. The van der Waals surface area contributed by atoms with E-state index in [0.717, 1.165) is 7.93 Å². The fourth-order valence-electron chi connectivity index (χ4n) is 1.53. The lowest BCUT2D eigenvalue weighted by Crippen LogP contribution is -2.28. The van der Waals surface area contributed by atoms with Crippen LogP contribution in [0.25, 0.3) is 0 Å². The van der Waals surface area contributed by atoms with Gasteiger partial charge in [0.2, 0.25) is 0 Å². The van der Waals surface area contributed by atoms with Crippen molar-refractivity contribution in [2.45, 2.75) is 72.4 Å². The van der Waals surface area contributed by atoms with Gasteiger partial charge in [0.05, 0.1) is 0 Å². The van der Waals surface area contributed by atoms with Crippen LogP contribution in [0.1, 0.15) is 60.3 Å². The molecule has 15 heavy (non-hydrogen) atoms. The average Bonchev–Trinajstić information content (AvgIpc) is 2.15. The second-order valence-electron chi connectivity index (χ2n) is 4.60. The average molecular weight is 249 g/mol. The standard InChI is InChI=1S/C12H28NPS/c1-6-7-8-9-10-15-14-13(11(2)3)12(4)5/h11-12,14H,6-10H2,1-5H3. The van der Waals surface area contributed by atoms with E-state index < -0.39 is 0 Å². The van der Waals surface area contributed by atoms with Crippen molar-refractivity contribution in [1.82, 2.24) is 4.67 Å². The van der Waals surface area contributed by atoms with Gasteiger partial charge in [-0.3, -0.25) is 4.67 Å². The Morgan fingerprint density at radius 1 is 1.00 bits per heavy atom. The van der Waals surface area contributed by atoms with Gasteiger partial charge in [-0.15, -0.1) is 11.4 Å². The lowest BCUT2D eigenvalue weighted by Gasteiger charge is -2.29. The van der Waals surface area contributed by atoms with Crippen molar-refractivity contribution < 1.29 is 0 Å². The van der Waals surface area contributed by atoms with Crippen LogP contribution in [0.5, 0.6) is 0 Å². The van der Waals surface area contributed by atoms with E-state index >= 15 is 0 Å². The highest BCUT2D eigenvalue weighted by molar-refractivity contribution is 8.48. The molecule has 0 spiro atoms. The highest BCUT2D eigenvalue weighted by Crippen LogP contribution is 2.37. The summed E-state index contributed by atoms with van der Waals surface area (Å²) in [5.74, 6) is 1.34. The first-order valence-electron chi connectivity index (χ1n) is 6.25. The molecule has 0 saturated carbocycles. The molecule has 0 aliphatic carbocycles. The summed E-state index contributed by atoms with van der Waals surface area (Å²) in [5, 5.41) is 0. The predicted molar refractivity (Wildman–Crippen MR) is 77.0 cm³/mol. The van der Waals surface area contributed by atoms with Gasteiger partial charge in [0.1, 0.15) is 0 Å². The lowest BCUT2D eigenvalue weighted by atomic mass is 10.2. The Hall–Kier alpha value is 0.740. The van der Waals surface area contributed by atoms with Crippen LogP contribution in [0.15, 0.2) is 0 Å². The van der Waals surface area contributed by atoms with Crippen molar-refractivity contribution in [2.24, 2.45) is 0 Å². The third kappa shape index (κ3) is 8.54. The smallest absolute Gasteiger partial charge is 0.0105 e. The Kier molecular flexibility index (Phi) is 10.4. The van der Waals surface area contributed by atoms with Crippen molar-refractivity contribution in [1.29, 1.82) is 0 Å². The van der Waals surface area contributed by atoms with Crippen molar-refractivity contribution in [3.05, 3.63) is 0 Å². The van der Waals surface area contributed by atoms with Gasteiger partial charge in [0.25, 0.3) is 0 Å². The molecular formula is C12H28NPS. The van der Waals surface area contributed by atoms with Gasteiger partial charge in [-0.05, 0) is 39.9 Å². The van der Waals surface area contributed by atoms with Crippen molar-refractivity contribution in [2.75, 3.05) is 5.75 Å². The van der Waals surface area contributed by atoms with Crippen LogP contribution < -0.4 is 0 Å². The number of rotatable bonds is 9. The topological polar surface area (TPSA) is 3.24 Å². The maximum atomic E-state index is 2.59. The molecule has 0 aliphatic rings. The zero-order chi connectivity index (χ0) is 11.7. The highest BCUT2D eigenvalue weighted by atomic mass is 32.7. The molecule has 1 atom stereocenters. The van der Waals surface area contributed by atoms with Crippen LogP contribution in [0.2, 0.25) is 0 Å². The Balaban J connectivity index is 3.46. The SMILES string of the molecule is CCCCCCSPN(C(C)C)C(C)C. The second kappa shape index (κ2) is 9.93. The van der Waals surface area contributed by atoms with Crippen LogP contribution in [-0.4, -0.2) is 22.5 Å². The van der Waals surface area contributed by atoms with Crippen molar-refractivity contribution in [3.8, 4) is 0 Å². The van der Waals surface area contributed by atoms with E-state index in [0.29, 0.717) is 12.1 Å². The molecule has 1 nitrogen and oxygen atoms in total. The fourth-order valence-corrected chi connectivity index (χ4v) is 4.96. The summed E-state index contributed by atoms with van der Waals surface area (Å²) in [6.45, 7) is 11.5. The monoisotopic (exact) mass is 249 g/mol. The summed E-state index contributed by atoms with van der Waals surface area (Å²) in [4.78, 5) is 0. The van der Waals surface area contributed by atoms with E-state index in [1.807, 2.05) is 0 Å². The number of nitrogens with zero attached hydrogens (tertiary/aromatic N) is 1. The molecule has 1 unspecified atom stereocenters. The van der Waals surface area contributed by atoms with Gasteiger partial charge in [-0.25, -0.2) is 0 Å². The molecule has 0 aromatic heterocycles. The van der Waals surface area contributed by atoms with Gasteiger partial charge < -0.3 is 0 Å². The second-order valence-corrected chi connectivity index (χ2v) is 7.40. The third-order valence-electron chi connectivity index (χ3n) is 2.38. The number of hydrogen-bond donors (Lipinski definition) is 0. The van der Waals surface area contributed by atoms with Gasteiger partial charge in [-0.2, -0.15) is 0 Å². The lowest BCUT2D eigenvalue weighted by molar-refractivity contribution is 0.333. The van der Waals surface area contributed by atoms with E-state index in [2.05, 4.69) is 50.7 Å². The molecule has 0 aromatic rings. The molecular weight excluding hydrogens is 221 g/mol. The van der Waals surface area contributed by atoms with Crippen LogP contribution in [0.4, 0.5) is 0 Å². The van der Waals surface area contributed by atoms with Crippen molar-refractivity contribution in [3.63, 3.8) is 0 Å². The maximum absolute atomic E-state index is 2.59. The van der Waals surface area contributed by atoms with Gasteiger partial charge in [0.15, 0.2) is 0 Å². The molecule has 0 amide bonds. The van der Waals surface area contributed by atoms with Gasteiger partial charge in [0, 0.05) is 20.0 Å². The molecule has 0 radical (unpaired) electrons. The Bertz CT molecular complexity index is 132. The van der Waals surface area contributed by atoms with E-state index in [-0.39, 0.29) is 0 Å². The van der Waals surface area contributed by atoms with Gasteiger partial charge in [-0.1, -0.05) is 26.2 Å². The van der Waals surface area contributed by atoms with E-state index in [9.17, 15) is 0 Å². The molecule has 0 rings (SSSR count). The minimum absolute atomic E-state index is 0.687. The molecule has 0 saturated heterocycles. The summed E-state index contributed by atoms with van der Waals surface area (Å²) in [7, 11) is 0.946. The molecule has 0 aliphatic heterocycles. The molecule has 0 heterocycles. The fraction of sp³-hybridized carbons (Fsp3) is 1.00. The van der Waals surface area contributed by atoms with Crippen molar-refractivity contribution >= 4 is 19.3 Å². The Morgan fingerprint density at radius 3 is 2.07 bits per heavy atom. The molecule has 3 heteroatoms. The normalized spacial score (nSPS) is 12.8. The molecule has 0 N–H and O–H groups in total. The predicted octanol–water partition coefficient (Wildman–Crippen LogP) is 4.93. The quantitative estimate of drug-likeness (QED) is 0.421. The zero-order valence-corrected chi connectivity index (χ0v) is 12.9. The summed E-state index contributed by atoms with van der Waals surface area (Å²) in [6.07, 6.45) is 5.56. The van der Waals surface area contributed by atoms with E-state index in [1.54, 1.807) is 0 Å². The van der Waals surface area contributed by atoms with Gasteiger partial charge >= 0.3 is 0 Å². The summed E-state index contributed by atoms with van der Waals surface area (Å²) in [5.41, 5.74) is 0. The molecule has 0 fully saturated rings. The Morgan fingerprint density at radius 2 is 1.60 bits per heavy atom. The molecule has 0 aromatic carbocycles. The number of unbranched alkanes of at least 4 members (excludes halogenated alkanes) is 3. The first kappa shape index (κ1) is 15.7. The van der Waals surface area contributed by atoms with Crippen LogP contribution in [0.3, 0.4) is 0 Å². The van der Waals surface area contributed by atoms with Crippen LogP contribution in [0, 0.1) is 0 Å². The van der Waals surface area contributed by atoms with Crippen LogP contribution in [-0.2, 0) is 0 Å². The summed E-state index contributed by atoms with van der Waals surface area (Å²) in [6, 6.07) is 1.37. The first-order chi connectivity index (χ1) is 7.09. The van der Waals surface area contributed by atoms with E-state index in [4.69, 9.17) is 0 Å². The summed E-state index contributed by atoms with van der Waals surface area (Å²) >= 11 is 2.12. The number of hydrogen-bond acceptors (Lipinski definition) is 2. The highest BCUT2D eigenvalue weighted by Gasteiger charge is 2.12. The first-order valence-corrected chi connectivity index (χ1v) is 8.91. The third-order valence-corrected chi connectivity index (χ3v) is 5.88. The maximum Gasteiger partial charge on any atom is 0.0105 e.